The van der Waals surface area contributed by atoms with Crippen LogP contribution in [0.1, 0.15) is 322 Å². The Morgan fingerprint density at radius 2 is 0.691 bits per heavy atom. The van der Waals surface area contributed by atoms with Crippen molar-refractivity contribution in [1.82, 2.24) is 5.32 Å². The van der Waals surface area contributed by atoms with Gasteiger partial charge in [-0.3, -0.25) is 9.59 Å². The predicted molar refractivity (Wildman–Crippen MR) is 296 cm³/mol. The lowest BCUT2D eigenvalue weighted by molar-refractivity contribution is -0.143. The fourth-order valence-electron chi connectivity index (χ4n) is 9.21. The lowest BCUT2D eigenvalue weighted by Crippen LogP contribution is -2.45. The number of nitrogens with one attached hydrogen (secondary N) is 1. The highest BCUT2D eigenvalue weighted by molar-refractivity contribution is 5.76. The van der Waals surface area contributed by atoms with Crippen LogP contribution >= 0.6 is 0 Å². The summed E-state index contributed by atoms with van der Waals surface area (Å²) in [6.45, 7) is 4.89. The Kier molecular flexibility index (Phi) is 56.0. The molecule has 0 aliphatic heterocycles. The Bertz CT molecular complexity index is 1100. The number of rotatable bonds is 56. The molecule has 0 spiro atoms. The fraction of sp³-hybridized carbons (Fsp3) is 0.871. The van der Waals surface area contributed by atoms with Gasteiger partial charge < -0.3 is 20.3 Å². The van der Waals surface area contributed by atoms with Crippen LogP contribution in [0.25, 0.3) is 0 Å². The van der Waals surface area contributed by atoms with Crippen molar-refractivity contribution in [3.05, 3.63) is 36.5 Å². The third kappa shape index (κ3) is 53.4. The van der Waals surface area contributed by atoms with Crippen LogP contribution in [0.15, 0.2) is 36.5 Å². The van der Waals surface area contributed by atoms with Crippen molar-refractivity contribution in [1.29, 1.82) is 0 Å². The number of allylic oxidation sites excluding steroid dienone is 5. The van der Waals surface area contributed by atoms with Crippen LogP contribution in [0.2, 0.25) is 0 Å². The first-order valence-electron chi connectivity index (χ1n) is 30.3. The molecule has 0 fully saturated rings. The van der Waals surface area contributed by atoms with Gasteiger partial charge >= 0.3 is 5.97 Å². The third-order valence-electron chi connectivity index (χ3n) is 13.9. The quantitative estimate of drug-likeness (QED) is 0.0321. The minimum atomic E-state index is -0.851. The van der Waals surface area contributed by atoms with E-state index in [2.05, 4.69) is 43.5 Å². The Morgan fingerprint density at radius 3 is 1.04 bits per heavy atom. The monoisotopic (exact) mass is 956 g/mol. The van der Waals surface area contributed by atoms with Crippen molar-refractivity contribution in [2.75, 3.05) is 13.2 Å². The molecule has 0 radical (unpaired) electrons. The van der Waals surface area contributed by atoms with E-state index in [1.54, 1.807) is 6.08 Å². The van der Waals surface area contributed by atoms with Crippen molar-refractivity contribution in [3.8, 4) is 0 Å². The normalized spacial score (nSPS) is 12.8. The van der Waals surface area contributed by atoms with Gasteiger partial charge in [0.05, 0.1) is 25.4 Å². The summed E-state index contributed by atoms with van der Waals surface area (Å²) in [6, 6.07) is -0.636. The predicted octanol–water partition coefficient (Wildman–Crippen LogP) is 18.8. The summed E-state index contributed by atoms with van der Waals surface area (Å²) in [4.78, 5) is 24.5. The van der Waals surface area contributed by atoms with Gasteiger partial charge in [-0.25, -0.2) is 0 Å². The van der Waals surface area contributed by atoms with Crippen LogP contribution in [-0.2, 0) is 14.3 Å². The number of esters is 1. The summed E-state index contributed by atoms with van der Waals surface area (Å²) in [6.07, 6.45) is 71.7. The molecule has 0 bridgehead atoms. The molecule has 0 aromatic rings. The standard InChI is InChI=1S/C62H117NO5/c1-3-5-7-9-11-13-15-17-19-20-24-27-30-34-38-42-46-50-54-60(65)59(58-64)63-61(66)55-51-47-43-39-35-31-28-25-22-21-23-26-29-33-37-41-45-49-53-57-68-62(67)56-52-48-44-40-36-32-18-16-14-12-10-8-6-4-2/h16,18,21-22,50,54,59-60,64-65H,3-15,17,19-20,23-49,51-53,55-58H2,1-2H3,(H,63,66)/b18-16-,22-21-,54-50+. The second-order valence-corrected chi connectivity index (χ2v) is 20.7. The first kappa shape index (κ1) is 66.1. The SMILES string of the molecule is CCCCCCC/C=C\CCCCCCCC(=O)OCCCCCCCCCC/C=C\CCCCCCCCCC(=O)NC(CO)C(O)/C=C/CCCCCCCCCCCCCCCCCC. The Hall–Kier alpha value is -1.92. The number of hydrogen-bond acceptors (Lipinski definition) is 5. The number of aliphatic hydroxyl groups excluding tert-OH is 2. The van der Waals surface area contributed by atoms with E-state index in [4.69, 9.17) is 4.74 Å². The number of hydrogen-bond donors (Lipinski definition) is 3. The van der Waals surface area contributed by atoms with Crippen LogP contribution < -0.4 is 5.32 Å². The number of carbonyl (C=O) groups excluding carboxylic acids is 2. The second kappa shape index (κ2) is 57.7. The van der Waals surface area contributed by atoms with Crippen LogP contribution in [-0.4, -0.2) is 47.4 Å². The van der Waals surface area contributed by atoms with Crippen molar-refractivity contribution in [2.45, 2.75) is 334 Å². The summed E-state index contributed by atoms with van der Waals surface area (Å²) in [5.41, 5.74) is 0. The molecule has 68 heavy (non-hydrogen) atoms. The van der Waals surface area contributed by atoms with Crippen LogP contribution in [0, 0.1) is 0 Å². The Balaban J connectivity index is 3.48. The molecule has 0 aromatic carbocycles. The van der Waals surface area contributed by atoms with E-state index in [0.717, 1.165) is 51.4 Å². The molecule has 6 heteroatoms. The zero-order valence-corrected chi connectivity index (χ0v) is 45.6. The molecule has 2 unspecified atom stereocenters. The van der Waals surface area contributed by atoms with Gasteiger partial charge in [0.1, 0.15) is 0 Å². The summed E-state index contributed by atoms with van der Waals surface area (Å²) >= 11 is 0. The minimum Gasteiger partial charge on any atom is -0.466 e. The highest BCUT2D eigenvalue weighted by Crippen LogP contribution is 2.16. The molecule has 0 saturated heterocycles. The molecule has 2 atom stereocenters. The van der Waals surface area contributed by atoms with E-state index < -0.39 is 12.1 Å². The van der Waals surface area contributed by atoms with Crippen molar-refractivity contribution in [2.24, 2.45) is 0 Å². The van der Waals surface area contributed by atoms with Gasteiger partial charge in [-0.15, -0.1) is 0 Å². The van der Waals surface area contributed by atoms with E-state index in [0.29, 0.717) is 19.4 Å². The smallest absolute Gasteiger partial charge is 0.305 e. The maximum absolute atomic E-state index is 12.5. The fourth-order valence-corrected chi connectivity index (χ4v) is 9.21. The zero-order chi connectivity index (χ0) is 49.3. The molecule has 0 rings (SSSR count). The van der Waals surface area contributed by atoms with Gasteiger partial charge in [0.25, 0.3) is 0 Å². The number of aliphatic hydroxyl groups is 2. The van der Waals surface area contributed by atoms with Gasteiger partial charge in [-0.05, 0) is 83.5 Å². The van der Waals surface area contributed by atoms with E-state index in [1.807, 2.05) is 6.08 Å². The number of unbranched alkanes of at least 4 members (excludes halogenated alkanes) is 41. The lowest BCUT2D eigenvalue weighted by Gasteiger charge is -2.20. The molecular formula is C62H117NO5. The molecule has 3 N–H and O–H groups in total. The third-order valence-corrected chi connectivity index (χ3v) is 13.9. The molecule has 0 aromatic heterocycles. The van der Waals surface area contributed by atoms with Crippen molar-refractivity contribution < 1.29 is 24.5 Å². The Morgan fingerprint density at radius 1 is 0.397 bits per heavy atom. The minimum absolute atomic E-state index is 0.00536. The van der Waals surface area contributed by atoms with Crippen LogP contribution in [0.4, 0.5) is 0 Å². The number of amides is 1. The average molecular weight is 957 g/mol. The largest absolute Gasteiger partial charge is 0.466 e. The maximum Gasteiger partial charge on any atom is 0.305 e. The molecule has 0 heterocycles. The van der Waals surface area contributed by atoms with Crippen LogP contribution in [0.3, 0.4) is 0 Å². The Labute approximate surface area is 424 Å². The van der Waals surface area contributed by atoms with E-state index in [1.165, 1.54) is 244 Å². The molecule has 0 aliphatic carbocycles. The van der Waals surface area contributed by atoms with Gasteiger partial charge in [0, 0.05) is 12.8 Å². The topological polar surface area (TPSA) is 95.9 Å². The van der Waals surface area contributed by atoms with Crippen molar-refractivity contribution in [3.63, 3.8) is 0 Å². The first-order chi connectivity index (χ1) is 33.5. The molecule has 1 amide bonds. The van der Waals surface area contributed by atoms with Crippen LogP contribution in [0.5, 0.6) is 0 Å². The summed E-state index contributed by atoms with van der Waals surface area (Å²) in [5, 5.41) is 23.2. The average Bonchev–Trinajstić information content (AvgIpc) is 3.34. The van der Waals surface area contributed by atoms with Gasteiger partial charge in [-0.2, -0.15) is 0 Å². The zero-order valence-electron chi connectivity index (χ0n) is 45.6. The van der Waals surface area contributed by atoms with Gasteiger partial charge in [0.15, 0.2) is 0 Å². The van der Waals surface area contributed by atoms with Crippen molar-refractivity contribution >= 4 is 11.9 Å². The van der Waals surface area contributed by atoms with E-state index in [9.17, 15) is 19.8 Å². The summed E-state index contributed by atoms with van der Waals surface area (Å²) < 4.78 is 5.47. The second-order valence-electron chi connectivity index (χ2n) is 20.7. The maximum atomic E-state index is 12.5. The number of ether oxygens (including phenoxy) is 1. The number of carbonyl (C=O) groups is 2. The highest BCUT2D eigenvalue weighted by Gasteiger charge is 2.18. The highest BCUT2D eigenvalue weighted by atomic mass is 16.5. The lowest BCUT2D eigenvalue weighted by atomic mass is 10.0. The molecule has 0 saturated carbocycles. The molecule has 0 aliphatic rings. The van der Waals surface area contributed by atoms with E-state index >= 15 is 0 Å². The molecular weight excluding hydrogens is 839 g/mol. The van der Waals surface area contributed by atoms with Gasteiger partial charge in [-0.1, -0.05) is 262 Å². The summed E-state index contributed by atoms with van der Waals surface area (Å²) in [5.74, 6) is -0.0815. The summed E-state index contributed by atoms with van der Waals surface area (Å²) in [7, 11) is 0. The van der Waals surface area contributed by atoms with E-state index in [-0.39, 0.29) is 18.5 Å². The molecule has 6 nitrogen and oxygen atoms in total. The first-order valence-corrected chi connectivity index (χ1v) is 30.3. The molecule has 400 valence electrons. The van der Waals surface area contributed by atoms with Gasteiger partial charge in [0.2, 0.25) is 5.91 Å².